The van der Waals surface area contributed by atoms with E-state index >= 15 is 0 Å². The number of hydrogen-bond acceptors (Lipinski definition) is 6. The molecule has 0 saturated heterocycles. The van der Waals surface area contributed by atoms with Crippen molar-refractivity contribution in [3.05, 3.63) is 95.3 Å². The van der Waals surface area contributed by atoms with E-state index in [0.717, 1.165) is 22.4 Å². The second kappa shape index (κ2) is 10.3. The molecule has 0 bridgehead atoms. The maximum atomic E-state index is 13.6. The number of fused-ring (bicyclic) bond motifs is 3. The second-order valence-electron chi connectivity index (χ2n) is 8.30. The molecule has 0 unspecified atom stereocenters. The molecular weight excluding hydrogens is 479 g/mol. The highest BCUT2D eigenvalue weighted by atomic mass is 32.2. The number of carbonyl (C=O) groups excluding carboxylic acids is 2. The zero-order valence-corrected chi connectivity index (χ0v) is 20.3. The van der Waals surface area contributed by atoms with Crippen LogP contribution in [0.25, 0.3) is 0 Å². The quantitative estimate of drug-likeness (QED) is 0.518. The third kappa shape index (κ3) is 5.01. The van der Waals surface area contributed by atoms with Gasteiger partial charge in [0.2, 0.25) is 5.91 Å². The van der Waals surface area contributed by atoms with Gasteiger partial charge in [-0.05, 0) is 47.5 Å². The average Bonchev–Trinajstić information content (AvgIpc) is 3.22. The lowest BCUT2D eigenvalue weighted by Crippen LogP contribution is -2.42. The van der Waals surface area contributed by atoms with Gasteiger partial charge in [0.1, 0.15) is 23.4 Å². The number of thioether (sulfide) groups is 1. The smallest absolute Gasteiger partial charge is 0.259 e. The molecule has 7 nitrogen and oxygen atoms in total. The van der Waals surface area contributed by atoms with Crippen molar-refractivity contribution in [2.24, 2.45) is 9.98 Å². The van der Waals surface area contributed by atoms with Gasteiger partial charge < -0.3 is 10.1 Å². The zero-order valence-electron chi connectivity index (χ0n) is 19.5. The number of amides is 2. The van der Waals surface area contributed by atoms with Gasteiger partial charge in [0.25, 0.3) is 5.91 Å². The normalized spacial score (nSPS) is 16.1. The van der Waals surface area contributed by atoms with Gasteiger partial charge in [0.15, 0.2) is 5.17 Å². The molecular formula is C27H23FN4O3S. The molecule has 3 aromatic carbocycles. The first kappa shape index (κ1) is 23.7. The van der Waals surface area contributed by atoms with Gasteiger partial charge in [-0.3, -0.25) is 14.6 Å². The molecule has 0 aromatic heterocycles. The summed E-state index contributed by atoms with van der Waals surface area (Å²) in [6.45, 7) is 0.336. The molecule has 0 fully saturated rings. The van der Waals surface area contributed by atoms with Crippen molar-refractivity contribution in [3.63, 3.8) is 0 Å². The summed E-state index contributed by atoms with van der Waals surface area (Å²) in [7, 11) is 1.60. The van der Waals surface area contributed by atoms with E-state index in [9.17, 15) is 14.0 Å². The molecule has 0 aliphatic carbocycles. The standard InChI is InChI=1S/C27H23FN4O3S/c1-35-20-11-9-17(10-12-20)15-29-24(33)14-23-26(34)32-25(30-23)21-7-2-3-8-22(21)31-27(32)36-16-18-5-4-6-19(28)13-18/h2-13,23H,14-16H2,1H3,(H,29,33)/t23-/m1/s1. The Labute approximate surface area is 212 Å². The molecule has 2 heterocycles. The molecule has 0 saturated carbocycles. The third-order valence-corrected chi connectivity index (χ3v) is 6.84. The van der Waals surface area contributed by atoms with Crippen LogP contribution in [-0.2, 0) is 21.9 Å². The summed E-state index contributed by atoms with van der Waals surface area (Å²) in [4.78, 5) is 36.8. The van der Waals surface area contributed by atoms with Crippen LogP contribution in [0.1, 0.15) is 23.1 Å². The monoisotopic (exact) mass is 502 g/mol. The predicted molar refractivity (Wildman–Crippen MR) is 138 cm³/mol. The Balaban J connectivity index is 1.30. The fourth-order valence-corrected chi connectivity index (χ4v) is 4.94. The van der Waals surface area contributed by atoms with Gasteiger partial charge in [0, 0.05) is 17.9 Å². The van der Waals surface area contributed by atoms with Crippen LogP contribution < -0.4 is 10.1 Å². The molecule has 2 aliphatic rings. The van der Waals surface area contributed by atoms with Crippen LogP contribution in [0.2, 0.25) is 0 Å². The average molecular weight is 503 g/mol. The first-order valence-electron chi connectivity index (χ1n) is 11.4. The number of halogens is 1. The third-order valence-electron chi connectivity index (χ3n) is 5.83. The Bertz CT molecular complexity index is 1370. The number of nitrogens with zero attached hydrogens (tertiary/aromatic N) is 3. The summed E-state index contributed by atoms with van der Waals surface area (Å²) >= 11 is 1.33. The highest BCUT2D eigenvalue weighted by Crippen LogP contribution is 2.34. The van der Waals surface area contributed by atoms with Gasteiger partial charge in [-0.1, -0.05) is 48.2 Å². The topological polar surface area (TPSA) is 83.4 Å². The molecule has 2 amide bonds. The summed E-state index contributed by atoms with van der Waals surface area (Å²) in [6, 6.07) is 20.3. The van der Waals surface area contributed by atoms with E-state index in [2.05, 4.69) is 15.3 Å². The Morgan fingerprint density at radius 2 is 1.89 bits per heavy atom. The van der Waals surface area contributed by atoms with E-state index in [1.807, 2.05) is 54.6 Å². The zero-order chi connectivity index (χ0) is 25.1. The number of methoxy groups -OCH3 is 1. The lowest BCUT2D eigenvalue weighted by atomic mass is 10.1. The van der Waals surface area contributed by atoms with E-state index in [1.54, 1.807) is 13.2 Å². The lowest BCUT2D eigenvalue weighted by molar-refractivity contribution is -0.128. The van der Waals surface area contributed by atoms with Crippen molar-refractivity contribution in [2.45, 2.75) is 24.8 Å². The molecule has 2 aliphatic heterocycles. The summed E-state index contributed by atoms with van der Waals surface area (Å²) in [5.41, 5.74) is 3.14. The first-order valence-corrected chi connectivity index (χ1v) is 12.4. The summed E-state index contributed by atoms with van der Waals surface area (Å²) in [5, 5.41) is 3.32. The van der Waals surface area contributed by atoms with Gasteiger partial charge in [-0.15, -0.1) is 0 Å². The molecule has 1 N–H and O–H groups in total. The van der Waals surface area contributed by atoms with Gasteiger partial charge in [-0.25, -0.2) is 14.3 Å². The van der Waals surface area contributed by atoms with Crippen molar-refractivity contribution < 1.29 is 18.7 Å². The van der Waals surface area contributed by atoms with Crippen LogP contribution in [0.3, 0.4) is 0 Å². The minimum Gasteiger partial charge on any atom is -0.497 e. The van der Waals surface area contributed by atoms with Crippen molar-refractivity contribution in [1.29, 1.82) is 0 Å². The minimum absolute atomic E-state index is 0.0704. The van der Waals surface area contributed by atoms with Crippen molar-refractivity contribution in [2.75, 3.05) is 7.11 Å². The number of rotatable bonds is 7. The van der Waals surface area contributed by atoms with E-state index in [0.29, 0.717) is 29.0 Å². The van der Waals surface area contributed by atoms with Gasteiger partial charge in [0.05, 0.1) is 19.2 Å². The molecule has 182 valence electrons. The SMILES string of the molecule is COc1ccc(CNC(=O)C[C@H]2N=C3c4ccccc4N=C(SCc4cccc(F)c4)N3C2=O)cc1. The van der Waals surface area contributed by atoms with Crippen LogP contribution in [0.4, 0.5) is 10.1 Å². The number of nitrogens with one attached hydrogen (secondary N) is 1. The van der Waals surface area contributed by atoms with Crippen molar-refractivity contribution in [3.8, 4) is 5.75 Å². The molecule has 5 rings (SSSR count). The van der Waals surface area contributed by atoms with Crippen LogP contribution in [0, 0.1) is 5.82 Å². The largest absolute Gasteiger partial charge is 0.497 e. The van der Waals surface area contributed by atoms with Crippen LogP contribution >= 0.6 is 11.8 Å². The Morgan fingerprint density at radius 1 is 1.08 bits per heavy atom. The van der Waals surface area contributed by atoms with Crippen molar-refractivity contribution >= 4 is 40.3 Å². The number of carbonyl (C=O) groups is 2. The second-order valence-corrected chi connectivity index (χ2v) is 9.24. The maximum Gasteiger partial charge on any atom is 0.259 e. The van der Waals surface area contributed by atoms with E-state index in [-0.39, 0.29) is 24.1 Å². The van der Waals surface area contributed by atoms with Crippen LogP contribution in [0.15, 0.2) is 82.8 Å². The van der Waals surface area contributed by atoms with Gasteiger partial charge in [-0.2, -0.15) is 0 Å². The summed E-state index contributed by atoms with van der Waals surface area (Å²) in [6.07, 6.45) is -0.0704. The van der Waals surface area contributed by atoms with E-state index < -0.39 is 6.04 Å². The molecule has 36 heavy (non-hydrogen) atoms. The molecule has 9 heteroatoms. The fraction of sp³-hybridized carbons (Fsp3) is 0.185. The number of hydrogen-bond donors (Lipinski definition) is 1. The molecule has 0 spiro atoms. The number of benzene rings is 3. The maximum absolute atomic E-state index is 13.6. The number of amidine groups is 2. The molecule has 0 radical (unpaired) electrons. The first-order chi connectivity index (χ1) is 17.5. The lowest BCUT2D eigenvalue weighted by Gasteiger charge is -2.25. The van der Waals surface area contributed by atoms with Crippen molar-refractivity contribution in [1.82, 2.24) is 10.2 Å². The van der Waals surface area contributed by atoms with Gasteiger partial charge >= 0.3 is 0 Å². The fourth-order valence-electron chi connectivity index (χ4n) is 4.00. The van der Waals surface area contributed by atoms with E-state index in [1.165, 1.54) is 28.8 Å². The predicted octanol–water partition coefficient (Wildman–Crippen LogP) is 4.43. The highest BCUT2D eigenvalue weighted by molar-refractivity contribution is 8.13. The minimum atomic E-state index is -0.845. The highest BCUT2D eigenvalue weighted by Gasteiger charge is 2.42. The number of ether oxygens (including phenoxy) is 1. The Kier molecular flexibility index (Phi) is 6.81. The number of para-hydroxylation sites is 1. The Hall–Kier alpha value is -3.98. The summed E-state index contributed by atoms with van der Waals surface area (Å²) in [5.74, 6) is 0.770. The summed E-state index contributed by atoms with van der Waals surface area (Å²) < 4.78 is 18.8. The molecule has 3 aromatic rings. The van der Waals surface area contributed by atoms with Crippen LogP contribution in [0.5, 0.6) is 5.75 Å². The number of aliphatic imine (C=N–C) groups is 2. The van der Waals surface area contributed by atoms with Crippen LogP contribution in [-0.4, -0.2) is 40.9 Å². The van der Waals surface area contributed by atoms with E-state index in [4.69, 9.17) is 4.74 Å². The Morgan fingerprint density at radius 3 is 2.67 bits per heavy atom. The molecule has 1 atom stereocenters.